The summed E-state index contributed by atoms with van der Waals surface area (Å²) in [6, 6.07) is 0. The van der Waals surface area contributed by atoms with Crippen molar-refractivity contribution in [3.05, 3.63) is 36.7 Å². The summed E-state index contributed by atoms with van der Waals surface area (Å²) in [6.07, 6.45) is 8.37. The molecule has 0 aliphatic heterocycles. The van der Waals surface area contributed by atoms with Gasteiger partial charge in [0, 0.05) is 31.8 Å². The summed E-state index contributed by atoms with van der Waals surface area (Å²) < 4.78 is 8.47. The molecule has 3 aromatic rings. The van der Waals surface area contributed by atoms with Gasteiger partial charge >= 0.3 is 5.97 Å². The molecule has 0 N–H and O–H groups in total. The normalized spacial score (nSPS) is 10.9. The predicted molar refractivity (Wildman–Crippen MR) is 71.1 cm³/mol. The van der Waals surface area contributed by atoms with Crippen molar-refractivity contribution in [1.82, 2.24) is 23.9 Å². The van der Waals surface area contributed by atoms with E-state index in [1.54, 1.807) is 47.7 Å². The van der Waals surface area contributed by atoms with Crippen molar-refractivity contribution in [3.8, 4) is 11.4 Å². The number of fused-ring (bicyclic) bond motifs is 1. The molecule has 0 fully saturated rings. The second-order valence-electron chi connectivity index (χ2n) is 4.22. The molecular formula is C13H13N5O2. The molecule has 0 bridgehead atoms. The minimum Gasteiger partial charge on any atom is -0.461 e. The van der Waals surface area contributed by atoms with E-state index in [0.29, 0.717) is 29.5 Å². The average molecular weight is 271 g/mol. The van der Waals surface area contributed by atoms with E-state index in [1.165, 1.54) is 0 Å². The van der Waals surface area contributed by atoms with E-state index >= 15 is 0 Å². The molecule has 0 saturated heterocycles. The van der Waals surface area contributed by atoms with Gasteiger partial charge in [-0.15, -0.1) is 0 Å². The summed E-state index contributed by atoms with van der Waals surface area (Å²) in [6.45, 7) is 2.12. The van der Waals surface area contributed by atoms with Crippen LogP contribution in [-0.2, 0) is 11.8 Å². The van der Waals surface area contributed by atoms with Crippen molar-refractivity contribution in [2.75, 3.05) is 6.61 Å². The van der Waals surface area contributed by atoms with Crippen LogP contribution in [0.25, 0.3) is 17.2 Å². The van der Waals surface area contributed by atoms with Gasteiger partial charge in [0.2, 0.25) is 5.78 Å². The zero-order chi connectivity index (χ0) is 14.1. The number of rotatable bonds is 3. The first kappa shape index (κ1) is 12.3. The number of esters is 1. The van der Waals surface area contributed by atoms with Crippen LogP contribution in [0, 0.1) is 0 Å². The number of imidazole rings is 2. The van der Waals surface area contributed by atoms with Gasteiger partial charge in [-0.2, -0.15) is 0 Å². The SMILES string of the molecule is CCOC(=O)c1cn2cc(-c3cnccn3)nc2n1C. The molecule has 7 nitrogen and oxygen atoms in total. The van der Waals surface area contributed by atoms with Crippen molar-refractivity contribution in [1.29, 1.82) is 0 Å². The van der Waals surface area contributed by atoms with Crippen LogP contribution in [0.3, 0.4) is 0 Å². The van der Waals surface area contributed by atoms with Crippen LogP contribution < -0.4 is 0 Å². The van der Waals surface area contributed by atoms with Crippen LogP contribution >= 0.6 is 0 Å². The van der Waals surface area contributed by atoms with Gasteiger partial charge in [0.15, 0.2) is 0 Å². The van der Waals surface area contributed by atoms with Gasteiger partial charge in [0.1, 0.15) is 17.1 Å². The first-order valence-electron chi connectivity index (χ1n) is 6.18. The number of hydrogen-bond acceptors (Lipinski definition) is 5. The maximum atomic E-state index is 11.8. The Morgan fingerprint density at radius 2 is 2.15 bits per heavy atom. The first-order chi connectivity index (χ1) is 9.70. The van der Waals surface area contributed by atoms with Crippen LogP contribution in [0.5, 0.6) is 0 Å². The van der Waals surface area contributed by atoms with Crippen molar-refractivity contribution in [3.63, 3.8) is 0 Å². The molecule has 102 valence electrons. The first-order valence-corrected chi connectivity index (χ1v) is 6.18. The minimum atomic E-state index is -0.360. The van der Waals surface area contributed by atoms with Crippen molar-refractivity contribution >= 4 is 11.7 Å². The van der Waals surface area contributed by atoms with Gasteiger partial charge in [0.25, 0.3) is 0 Å². The predicted octanol–water partition coefficient (Wildman–Crippen LogP) is 1.31. The Kier molecular flexibility index (Phi) is 2.94. The maximum Gasteiger partial charge on any atom is 0.356 e. The lowest BCUT2D eigenvalue weighted by Gasteiger charge is -2.01. The highest BCUT2D eigenvalue weighted by atomic mass is 16.5. The fourth-order valence-corrected chi connectivity index (χ4v) is 2.00. The number of aromatic nitrogens is 5. The summed E-state index contributed by atoms with van der Waals surface area (Å²) in [5, 5.41) is 0. The minimum absolute atomic E-state index is 0.344. The zero-order valence-electron chi connectivity index (χ0n) is 11.1. The Morgan fingerprint density at radius 1 is 1.30 bits per heavy atom. The van der Waals surface area contributed by atoms with E-state index in [4.69, 9.17) is 4.74 Å². The molecule has 0 aliphatic rings. The lowest BCUT2D eigenvalue weighted by Crippen LogP contribution is -2.09. The summed E-state index contributed by atoms with van der Waals surface area (Å²) >= 11 is 0. The third-order valence-corrected chi connectivity index (χ3v) is 2.95. The van der Waals surface area contributed by atoms with Crippen LogP contribution in [0.15, 0.2) is 31.0 Å². The molecule has 0 aliphatic carbocycles. The molecule has 0 unspecified atom stereocenters. The highest BCUT2D eigenvalue weighted by molar-refractivity contribution is 5.88. The van der Waals surface area contributed by atoms with E-state index in [1.807, 2.05) is 6.20 Å². The molecule has 0 atom stereocenters. The Hall–Kier alpha value is -2.70. The smallest absolute Gasteiger partial charge is 0.356 e. The third kappa shape index (κ3) is 1.93. The fourth-order valence-electron chi connectivity index (χ4n) is 2.00. The number of ether oxygens (including phenoxy) is 1. The number of carbonyl (C=O) groups excluding carboxylic acids is 1. The van der Waals surface area contributed by atoms with Gasteiger partial charge in [-0.3, -0.25) is 14.4 Å². The van der Waals surface area contributed by atoms with Crippen molar-refractivity contribution < 1.29 is 9.53 Å². The summed E-state index contributed by atoms with van der Waals surface area (Å²) in [7, 11) is 1.77. The van der Waals surface area contributed by atoms with E-state index in [9.17, 15) is 4.79 Å². The summed E-state index contributed by atoms with van der Waals surface area (Å²) in [5.74, 6) is 0.287. The zero-order valence-corrected chi connectivity index (χ0v) is 11.1. The van der Waals surface area contributed by atoms with Gasteiger partial charge in [-0.25, -0.2) is 9.78 Å². The Morgan fingerprint density at radius 3 is 2.80 bits per heavy atom. The molecule has 20 heavy (non-hydrogen) atoms. The largest absolute Gasteiger partial charge is 0.461 e. The molecule has 0 amide bonds. The molecule has 3 rings (SSSR count). The van der Waals surface area contributed by atoms with Gasteiger partial charge in [0.05, 0.1) is 12.8 Å². The third-order valence-electron chi connectivity index (χ3n) is 2.95. The lowest BCUT2D eigenvalue weighted by molar-refractivity contribution is 0.0515. The van der Waals surface area contributed by atoms with E-state index < -0.39 is 0 Å². The van der Waals surface area contributed by atoms with Crippen LogP contribution in [-0.4, -0.2) is 36.5 Å². The standard InChI is InChI=1S/C13H13N5O2/c1-3-20-12(19)11-8-18-7-10(16-13(18)17(11)2)9-6-14-4-5-15-9/h4-8H,3H2,1-2H3. The van der Waals surface area contributed by atoms with Gasteiger partial charge in [-0.05, 0) is 6.92 Å². The number of nitrogens with zero attached hydrogens (tertiary/aromatic N) is 5. The Bertz CT molecular complexity index is 760. The molecule has 0 aromatic carbocycles. The summed E-state index contributed by atoms with van der Waals surface area (Å²) in [4.78, 5) is 24.5. The van der Waals surface area contributed by atoms with Crippen molar-refractivity contribution in [2.24, 2.45) is 7.05 Å². The molecule has 0 radical (unpaired) electrons. The monoisotopic (exact) mass is 271 g/mol. The van der Waals surface area contributed by atoms with Gasteiger partial charge < -0.3 is 9.30 Å². The van der Waals surface area contributed by atoms with Gasteiger partial charge in [-0.1, -0.05) is 0 Å². The van der Waals surface area contributed by atoms with Crippen LogP contribution in [0.4, 0.5) is 0 Å². The molecular weight excluding hydrogens is 258 g/mol. The molecule has 0 saturated carbocycles. The highest BCUT2D eigenvalue weighted by Crippen LogP contribution is 2.18. The number of carbonyl (C=O) groups is 1. The van der Waals surface area contributed by atoms with E-state index in [0.717, 1.165) is 0 Å². The average Bonchev–Trinajstić information content (AvgIpc) is 3.00. The number of aryl methyl sites for hydroxylation is 1. The summed E-state index contributed by atoms with van der Waals surface area (Å²) in [5.41, 5.74) is 1.85. The van der Waals surface area contributed by atoms with Crippen LogP contribution in [0.1, 0.15) is 17.4 Å². The van der Waals surface area contributed by atoms with E-state index in [-0.39, 0.29) is 5.97 Å². The lowest BCUT2D eigenvalue weighted by atomic mass is 10.3. The second kappa shape index (κ2) is 4.76. The van der Waals surface area contributed by atoms with Crippen molar-refractivity contribution in [2.45, 2.75) is 6.92 Å². The fraction of sp³-hybridized carbons (Fsp3) is 0.231. The topological polar surface area (TPSA) is 74.3 Å². The Labute approximate surface area is 114 Å². The van der Waals surface area contributed by atoms with Crippen LogP contribution in [0.2, 0.25) is 0 Å². The highest BCUT2D eigenvalue weighted by Gasteiger charge is 2.17. The molecule has 3 aromatic heterocycles. The quantitative estimate of drug-likeness (QED) is 0.671. The molecule has 7 heteroatoms. The maximum absolute atomic E-state index is 11.8. The molecule has 0 spiro atoms. The van der Waals surface area contributed by atoms with E-state index in [2.05, 4.69) is 15.0 Å². The second-order valence-corrected chi connectivity index (χ2v) is 4.22. The molecule has 3 heterocycles. The Balaban J connectivity index is 2.04. The number of hydrogen-bond donors (Lipinski definition) is 0.